The molecule has 2 aromatic carbocycles. The van der Waals surface area contributed by atoms with E-state index in [0.717, 1.165) is 24.2 Å². The minimum atomic E-state index is -0.256. The standard InChI is InChI=1S/C23H29NO3/c1-3-27-23(25)21(17-19-7-5-4-6-8-19)22(24-13-15-26-16-14-24)20-11-9-18(2)10-12-20/h4-12,21-22H,3,13-17H2,1-2H3. The first kappa shape index (κ1) is 19.6. The second-order valence-electron chi connectivity index (χ2n) is 7.05. The molecule has 0 radical (unpaired) electrons. The number of ether oxygens (including phenoxy) is 2. The van der Waals surface area contributed by atoms with Crippen molar-refractivity contribution in [3.63, 3.8) is 0 Å². The lowest BCUT2D eigenvalue weighted by Gasteiger charge is -2.38. The first-order chi connectivity index (χ1) is 13.2. The molecule has 27 heavy (non-hydrogen) atoms. The molecule has 3 rings (SSSR count). The van der Waals surface area contributed by atoms with Gasteiger partial charge in [0.1, 0.15) is 0 Å². The minimum Gasteiger partial charge on any atom is -0.466 e. The average molecular weight is 367 g/mol. The number of esters is 1. The van der Waals surface area contributed by atoms with Gasteiger partial charge in [0.15, 0.2) is 0 Å². The number of carbonyl (C=O) groups is 1. The van der Waals surface area contributed by atoms with Crippen LogP contribution in [0.3, 0.4) is 0 Å². The van der Waals surface area contributed by atoms with Gasteiger partial charge in [0.25, 0.3) is 0 Å². The molecule has 2 unspecified atom stereocenters. The van der Waals surface area contributed by atoms with Gasteiger partial charge in [-0.25, -0.2) is 0 Å². The topological polar surface area (TPSA) is 38.8 Å². The Kier molecular flexibility index (Phi) is 7.02. The number of aryl methyl sites for hydroxylation is 1. The van der Waals surface area contributed by atoms with Gasteiger partial charge >= 0.3 is 5.97 Å². The minimum absolute atomic E-state index is 0.0197. The summed E-state index contributed by atoms with van der Waals surface area (Å²) in [4.78, 5) is 15.4. The Morgan fingerprint density at radius 1 is 1.07 bits per heavy atom. The lowest BCUT2D eigenvalue weighted by Crippen LogP contribution is -2.44. The number of benzene rings is 2. The molecule has 1 aliphatic heterocycles. The average Bonchev–Trinajstić information content (AvgIpc) is 2.71. The van der Waals surface area contributed by atoms with E-state index in [1.807, 2.05) is 25.1 Å². The van der Waals surface area contributed by atoms with E-state index in [2.05, 4.69) is 48.2 Å². The van der Waals surface area contributed by atoms with Crippen LogP contribution in [-0.2, 0) is 20.7 Å². The molecule has 2 atom stereocenters. The molecule has 1 saturated heterocycles. The van der Waals surface area contributed by atoms with Crippen molar-refractivity contribution in [2.24, 2.45) is 5.92 Å². The SMILES string of the molecule is CCOC(=O)C(Cc1ccccc1)C(c1ccc(C)cc1)N1CCOCC1. The summed E-state index contributed by atoms with van der Waals surface area (Å²) in [6.07, 6.45) is 0.662. The molecule has 0 aliphatic carbocycles. The fraction of sp³-hybridized carbons (Fsp3) is 0.435. The molecule has 0 spiro atoms. The second-order valence-corrected chi connectivity index (χ2v) is 7.05. The van der Waals surface area contributed by atoms with Crippen LogP contribution in [0.4, 0.5) is 0 Å². The van der Waals surface area contributed by atoms with Crippen LogP contribution in [0.5, 0.6) is 0 Å². The third-order valence-corrected chi connectivity index (χ3v) is 5.13. The Hall–Kier alpha value is -2.17. The van der Waals surface area contributed by atoms with Crippen molar-refractivity contribution in [1.29, 1.82) is 0 Å². The normalized spacial score (nSPS) is 17.3. The fourth-order valence-electron chi connectivity index (χ4n) is 3.76. The molecule has 1 heterocycles. The maximum atomic E-state index is 13.0. The molecule has 144 valence electrons. The van der Waals surface area contributed by atoms with E-state index in [1.165, 1.54) is 5.56 Å². The zero-order valence-electron chi connectivity index (χ0n) is 16.3. The first-order valence-corrected chi connectivity index (χ1v) is 9.78. The number of nitrogens with zero attached hydrogens (tertiary/aromatic N) is 1. The van der Waals surface area contributed by atoms with Gasteiger partial charge in [-0.2, -0.15) is 0 Å². The van der Waals surface area contributed by atoms with Crippen LogP contribution < -0.4 is 0 Å². The summed E-state index contributed by atoms with van der Waals surface area (Å²) in [7, 11) is 0. The molecule has 0 N–H and O–H groups in total. The fourth-order valence-corrected chi connectivity index (χ4v) is 3.76. The highest BCUT2D eigenvalue weighted by Gasteiger charge is 2.36. The van der Waals surface area contributed by atoms with E-state index in [9.17, 15) is 4.79 Å². The van der Waals surface area contributed by atoms with Gasteiger partial charge < -0.3 is 9.47 Å². The molecule has 0 bridgehead atoms. The highest BCUT2D eigenvalue weighted by molar-refractivity contribution is 5.74. The summed E-state index contributed by atoms with van der Waals surface area (Å²) in [5, 5.41) is 0. The van der Waals surface area contributed by atoms with Crippen LogP contribution in [0.2, 0.25) is 0 Å². The number of hydrogen-bond donors (Lipinski definition) is 0. The molecular weight excluding hydrogens is 338 g/mol. The van der Waals surface area contributed by atoms with Crippen LogP contribution in [0.1, 0.15) is 29.7 Å². The van der Waals surface area contributed by atoms with Crippen molar-refractivity contribution < 1.29 is 14.3 Å². The molecule has 0 amide bonds. The quantitative estimate of drug-likeness (QED) is 0.698. The van der Waals surface area contributed by atoms with Crippen molar-refractivity contribution >= 4 is 5.97 Å². The van der Waals surface area contributed by atoms with Crippen LogP contribution >= 0.6 is 0 Å². The monoisotopic (exact) mass is 367 g/mol. The summed E-state index contributed by atoms with van der Waals surface area (Å²) in [5.41, 5.74) is 3.53. The number of rotatable bonds is 7. The smallest absolute Gasteiger partial charge is 0.311 e. The molecule has 2 aromatic rings. The summed E-state index contributed by atoms with van der Waals surface area (Å²) >= 11 is 0. The first-order valence-electron chi connectivity index (χ1n) is 9.78. The van der Waals surface area contributed by atoms with Gasteiger partial charge in [0.2, 0.25) is 0 Å². The summed E-state index contributed by atoms with van der Waals surface area (Å²) in [5.74, 6) is -0.383. The molecule has 4 nitrogen and oxygen atoms in total. The Balaban J connectivity index is 1.97. The zero-order chi connectivity index (χ0) is 19.1. The lowest BCUT2D eigenvalue weighted by atomic mass is 9.86. The van der Waals surface area contributed by atoms with Crippen molar-refractivity contribution in [2.75, 3.05) is 32.9 Å². The van der Waals surface area contributed by atoms with Crippen molar-refractivity contribution in [3.8, 4) is 0 Å². The molecule has 0 aromatic heterocycles. The molecular formula is C23H29NO3. The van der Waals surface area contributed by atoms with Crippen LogP contribution in [0, 0.1) is 12.8 Å². The van der Waals surface area contributed by atoms with Crippen LogP contribution in [-0.4, -0.2) is 43.8 Å². The lowest BCUT2D eigenvalue weighted by molar-refractivity contribution is -0.151. The highest BCUT2D eigenvalue weighted by atomic mass is 16.5. The Bertz CT molecular complexity index is 708. The summed E-state index contributed by atoms with van der Waals surface area (Å²) < 4.78 is 11.0. The number of carbonyl (C=O) groups excluding carboxylic acids is 1. The van der Waals surface area contributed by atoms with Gasteiger partial charge in [-0.3, -0.25) is 9.69 Å². The largest absolute Gasteiger partial charge is 0.466 e. The predicted molar refractivity (Wildman–Crippen MR) is 107 cm³/mol. The third kappa shape index (κ3) is 5.18. The van der Waals surface area contributed by atoms with E-state index in [0.29, 0.717) is 26.2 Å². The molecule has 1 fully saturated rings. The van der Waals surface area contributed by atoms with Gasteiger partial charge in [-0.15, -0.1) is 0 Å². The van der Waals surface area contributed by atoms with E-state index < -0.39 is 0 Å². The maximum Gasteiger partial charge on any atom is 0.311 e. The van der Waals surface area contributed by atoms with E-state index in [1.54, 1.807) is 0 Å². The summed E-state index contributed by atoms with van der Waals surface area (Å²) in [6, 6.07) is 18.7. The van der Waals surface area contributed by atoms with E-state index >= 15 is 0 Å². The zero-order valence-corrected chi connectivity index (χ0v) is 16.3. The molecule has 0 saturated carbocycles. The Morgan fingerprint density at radius 2 is 1.74 bits per heavy atom. The third-order valence-electron chi connectivity index (χ3n) is 5.13. The number of morpholine rings is 1. The highest BCUT2D eigenvalue weighted by Crippen LogP contribution is 2.33. The maximum absolute atomic E-state index is 13.0. The molecule has 4 heteroatoms. The van der Waals surface area contributed by atoms with Gasteiger partial charge in [0.05, 0.1) is 25.7 Å². The van der Waals surface area contributed by atoms with Crippen LogP contribution in [0.15, 0.2) is 54.6 Å². The summed E-state index contributed by atoms with van der Waals surface area (Å²) in [6.45, 7) is 7.39. The van der Waals surface area contributed by atoms with E-state index in [4.69, 9.17) is 9.47 Å². The van der Waals surface area contributed by atoms with E-state index in [-0.39, 0.29) is 17.9 Å². The second kappa shape index (κ2) is 9.67. The van der Waals surface area contributed by atoms with Gasteiger partial charge in [0, 0.05) is 19.1 Å². The van der Waals surface area contributed by atoms with Crippen molar-refractivity contribution in [1.82, 2.24) is 4.90 Å². The molecule has 1 aliphatic rings. The Labute approximate surface area is 162 Å². The van der Waals surface area contributed by atoms with Gasteiger partial charge in [-0.1, -0.05) is 60.2 Å². The van der Waals surface area contributed by atoms with Crippen molar-refractivity contribution in [3.05, 3.63) is 71.3 Å². The van der Waals surface area contributed by atoms with Crippen LogP contribution in [0.25, 0.3) is 0 Å². The van der Waals surface area contributed by atoms with Crippen molar-refractivity contribution in [2.45, 2.75) is 26.3 Å². The number of hydrogen-bond acceptors (Lipinski definition) is 4. The van der Waals surface area contributed by atoms with Gasteiger partial charge in [-0.05, 0) is 31.4 Å². The Morgan fingerprint density at radius 3 is 2.37 bits per heavy atom. The predicted octanol–water partition coefficient (Wildman–Crippen LogP) is 3.79.